The summed E-state index contributed by atoms with van der Waals surface area (Å²) in [6.07, 6.45) is 3.37. The van der Waals surface area contributed by atoms with E-state index in [9.17, 15) is 13.6 Å². The van der Waals surface area contributed by atoms with Crippen molar-refractivity contribution >= 4 is 34.7 Å². The molecule has 7 nitrogen and oxygen atoms in total. The molecule has 1 saturated heterocycles. The number of carbonyl (C=O) groups excluding carboxylic acids is 1. The number of thioether (sulfide) groups is 1. The van der Waals surface area contributed by atoms with Gasteiger partial charge < -0.3 is 14.4 Å². The normalized spacial score (nSPS) is 14.8. The molecule has 1 fully saturated rings. The first kappa shape index (κ1) is 18.6. The maximum absolute atomic E-state index is 12.9. The molecule has 3 aromatic rings. The van der Waals surface area contributed by atoms with Gasteiger partial charge in [0.15, 0.2) is 5.16 Å². The van der Waals surface area contributed by atoms with E-state index in [0.717, 1.165) is 0 Å². The van der Waals surface area contributed by atoms with Crippen molar-refractivity contribution in [2.24, 2.45) is 0 Å². The van der Waals surface area contributed by atoms with Gasteiger partial charge in [-0.05, 0) is 30.0 Å². The summed E-state index contributed by atoms with van der Waals surface area (Å²) in [5, 5.41) is 0.154. The minimum Gasteiger partial charge on any atom is -0.338 e. The SMILES string of the molecule is O=C(Cn1c(SC(F)F)nc2ccccc21)N1CCN(c2ncccn2)CC1. The van der Waals surface area contributed by atoms with E-state index in [4.69, 9.17) is 0 Å². The molecule has 28 heavy (non-hydrogen) atoms. The van der Waals surface area contributed by atoms with E-state index in [-0.39, 0.29) is 17.6 Å². The lowest BCUT2D eigenvalue weighted by molar-refractivity contribution is -0.132. The summed E-state index contributed by atoms with van der Waals surface area (Å²) in [7, 11) is 0. The van der Waals surface area contributed by atoms with Crippen molar-refractivity contribution in [2.45, 2.75) is 17.5 Å². The van der Waals surface area contributed by atoms with Gasteiger partial charge in [-0.25, -0.2) is 15.0 Å². The molecule has 0 atom stereocenters. The molecule has 146 valence electrons. The lowest BCUT2D eigenvalue weighted by Gasteiger charge is -2.34. The Kier molecular flexibility index (Phi) is 5.38. The molecule has 1 aliphatic rings. The zero-order chi connectivity index (χ0) is 19.5. The quantitative estimate of drug-likeness (QED) is 0.609. The molecular weight excluding hydrogens is 386 g/mol. The summed E-state index contributed by atoms with van der Waals surface area (Å²) in [4.78, 5) is 29.3. The zero-order valence-electron chi connectivity index (χ0n) is 14.9. The van der Waals surface area contributed by atoms with Gasteiger partial charge in [0.25, 0.3) is 5.76 Å². The van der Waals surface area contributed by atoms with Crippen LogP contribution in [-0.2, 0) is 11.3 Å². The number of amides is 1. The smallest absolute Gasteiger partial charge is 0.291 e. The molecule has 3 heterocycles. The van der Waals surface area contributed by atoms with Crippen molar-refractivity contribution in [3.8, 4) is 0 Å². The van der Waals surface area contributed by atoms with Crippen molar-refractivity contribution in [1.29, 1.82) is 0 Å². The average molecular weight is 404 g/mol. The molecule has 0 aliphatic carbocycles. The summed E-state index contributed by atoms with van der Waals surface area (Å²) in [6.45, 7) is 2.29. The minimum absolute atomic E-state index is 0.0165. The van der Waals surface area contributed by atoms with Gasteiger partial charge >= 0.3 is 0 Å². The maximum Gasteiger partial charge on any atom is 0.291 e. The Morgan fingerprint density at radius 3 is 2.50 bits per heavy atom. The molecule has 0 radical (unpaired) electrons. The molecule has 2 aromatic heterocycles. The van der Waals surface area contributed by atoms with Gasteiger partial charge in [0.05, 0.1) is 11.0 Å². The molecule has 0 spiro atoms. The summed E-state index contributed by atoms with van der Waals surface area (Å²) >= 11 is 0.360. The Morgan fingerprint density at radius 1 is 1.07 bits per heavy atom. The number of aromatic nitrogens is 4. The molecule has 10 heteroatoms. The first-order valence-corrected chi connectivity index (χ1v) is 9.69. The van der Waals surface area contributed by atoms with Gasteiger partial charge in [0.1, 0.15) is 6.54 Å². The van der Waals surface area contributed by atoms with Crippen LogP contribution in [0.4, 0.5) is 14.7 Å². The predicted octanol–water partition coefficient (Wildman–Crippen LogP) is 2.49. The third kappa shape index (κ3) is 3.91. The second-order valence-electron chi connectivity index (χ2n) is 6.26. The number of anilines is 1. The molecule has 1 amide bonds. The molecule has 4 rings (SSSR count). The number of halogens is 2. The van der Waals surface area contributed by atoms with Crippen LogP contribution in [0.15, 0.2) is 47.9 Å². The molecule has 1 aliphatic heterocycles. The topological polar surface area (TPSA) is 67.2 Å². The predicted molar refractivity (Wildman–Crippen MR) is 102 cm³/mol. The number of para-hydroxylation sites is 2. The van der Waals surface area contributed by atoms with Crippen LogP contribution in [0.2, 0.25) is 0 Å². The van der Waals surface area contributed by atoms with Crippen molar-refractivity contribution in [3.63, 3.8) is 0 Å². The van der Waals surface area contributed by atoms with Gasteiger partial charge in [-0.1, -0.05) is 12.1 Å². The third-order valence-electron chi connectivity index (χ3n) is 4.57. The molecule has 0 unspecified atom stereocenters. The fourth-order valence-electron chi connectivity index (χ4n) is 3.22. The van der Waals surface area contributed by atoms with Crippen molar-refractivity contribution in [2.75, 3.05) is 31.1 Å². The first-order valence-electron chi connectivity index (χ1n) is 8.81. The Hall–Kier alpha value is -2.75. The van der Waals surface area contributed by atoms with Crippen LogP contribution in [-0.4, -0.2) is 62.3 Å². The van der Waals surface area contributed by atoms with Crippen LogP contribution in [0, 0.1) is 0 Å². The fraction of sp³-hybridized carbons (Fsp3) is 0.333. The van der Waals surface area contributed by atoms with E-state index in [1.54, 1.807) is 52.2 Å². The number of nitrogens with zero attached hydrogens (tertiary/aromatic N) is 6. The first-order chi connectivity index (χ1) is 13.6. The Morgan fingerprint density at radius 2 is 1.79 bits per heavy atom. The number of piperazine rings is 1. The number of alkyl halides is 2. The van der Waals surface area contributed by atoms with Gasteiger partial charge in [-0.2, -0.15) is 8.78 Å². The number of benzene rings is 1. The molecule has 0 N–H and O–H groups in total. The highest BCUT2D eigenvalue weighted by Gasteiger charge is 2.24. The van der Waals surface area contributed by atoms with Crippen LogP contribution in [0.3, 0.4) is 0 Å². The molecule has 0 saturated carbocycles. The Bertz CT molecular complexity index is 959. The maximum atomic E-state index is 12.9. The third-order valence-corrected chi connectivity index (χ3v) is 5.28. The summed E-state index contributed by atoms with van der Waals surface area (Å²) in [5.41, 5.74) is 1.28. The van der Waals surface area contributed by atoms with Crippen LogP contribution in [0.25, 0.3) is 11.0 Å². The van der Waals surface area contributed by atoms with E-state index in [1.165, 1.54) is 0 Å². The van der Waals surface area contributed by atoms with Crippen molar-refractivity contribution in [1.82, 2.24) is 24.4 Å². The minimum atomic E-state index is -2.60. The number of carbonyl (C=O) groups is 1. The van der Waals surface area contributed by atoms with Crippen LogP contribution < -0.4 is 4.90 Å². The average Bonchev–Trinajstić information content (AvgIpc) is 3.05. The standard InChI is InChI=1S/C18H18F2N6OS/c19-16(20)28-18-23-13-4-1-2-5-14(13)26(18)12-15(27)24-8-10-25(11-9-24)17-21-6-3-7-22-17/h1-7,16H,8-12H2. The number of hydrogen-bond acceptors (Lipinski definition) is 6. The highest BCUT2D eigenvalue weighted by molar-refractivity contribution is 7.99. The number of hydrogen-bond donors (Lipinski definition) is 0. The second-order valence-corrected chi connectivity index (χ2v) is 7.22. The fourth-order valence-corrected chi connectivity index (χ4v) is 3.82. The van der Waals surface area contributed by atoms with Gasteiger partial charge in [-0.3, -0.25) is 4.79 Å². The highest BCUT2D eigenvalue weighted by Crippen LogP contribution is 2.28. The number of rotatable bonds is 5. The molecular formula is C18H18F2N6OS. The van der Waals surface area contributed by atoms with Gasteiger partial charge in [0.2, 0.25) is 11.9 Å². The number of fused-ring (bicyclic) bond motifs is 1. The van der Waals surface area contributed by atoms with E-state index in [0.29, 0.717) is 54.9 Å². The van der Waals surface area contributed by atoms with Crippen LogP contribution in [0.1, 0.15) is 0 Å². The van der Waals surface area contributed by atoms with Crippen LogP contribution >= 0.6 is 11.8 Å². The lowest BCUT2D eigenvalue weighted by atomic mass is 10.3. The Labute approximate surface area is 164 Å². The van der Waals surface area contributed by atoms with E-state index >= 15 is 0 Å². The van der Waals surface area contributed by atoms with Gasteiger partial charge in [0, 0.05) is 38.6 Å². The van der Waals surface area contributed by atoms with E-state index < -0.39 is 5.76 Å². The highest BCUT2D eigenvalue weighted by atomic mass is 32.2. The summed E-state index contributed by atoms with van der Waals surface area (Å²) < 4.78 is 27.4. The van der Waals surface area contributed by atoms with Gasteiger partial charge in [-0.15, -0.1) is 0 Å². The zero-order valence-corrected chi connectivity index (χ0v) is 15.7. The largest absolute Gasteiger partial charge is 0.338 e. The molecule has 1 aromatic carbocycles. The van der Waals surface area contributed by atoms with E-state index in [2.05, 4.69) is 15.0 Å². The molecule has 0 bridgehead atoms. The second kappa shape index (κ2) is 8.09. The van der Waals surface area contributed by atoms with E-state index in [1.807, 2.05) is 4.90 Å². The Balaban J connectivity index is 1.47. The number of imidazole rings is 1. The van der Waals surface area contributed by atoms with Crippen LogP contribution in [0.5, 0.6) is 0 Å². The summed E-state index contributed by atoms with van der Waals surface area (Å²) in [5.74, 6) is -2.07. The monoisotopic (exact) mass is 404 g/mol. The van der Waals surface area contributed by atoms with Crippen molar-refractivity contribution < 1.29 is 13.6 Å². The summed E-state index contributed by atoms with van der Waals surface area (Å²) in [6, 6.07) is 8.90. The lowest BCUT2D eigenvalue weighted by Crippen LogP contribution is -2.50. The van der Waals surface area contributed by atoms with Crippen molar-refractivity contribution in [3.05, 3.63) is 42.7 Å².